The van der Waals surface area contributed by atoms with E-state index in [4.69, 9.17) is 5.73 Å². The normalized spacial score (nSPS) is 17.1. The first-order chi connectivity index (χ1) is 11.0. The van der Waals surface area contributed by atoms with Crippen molar-refractivity contribution in [2.45, 2.75) is 26.7 Å². The minimum absolute atomic E-state index is 0. The van der Waals surface area contributed by atoms with Crippen molar-refractivity contribution in [2.75, 3.05) is 30.7 Å². The number of benzene rings is 1. The van der Waals surface area contributed by atoms with Gasteiger partial charge in [-0.25, -0.2) is 4.79 Å². The van der Waals surface area contributed by atoms with Crippen molar-refractivity contribution in [2.24, 2.45) is 11.8 Å². The van der Waals surface area contributed by atoms with Crippen LogP contribution in [0.4, 0.5) is 16.2 Å². The number of likely N-dealkylation sites (tertiary alicyclic amines) is 1. The molecule has 1 atom stereocenters. The van der Waals surface area contributed by atoms with Gasteiger partial charge in [-0.15, -0.1) is 12.4 Å². The number of carbonyl (C=O) groups excluding carboxylic acids is 2. The number of amides is 3. The molecule has 0 saturated carbocycles. The summed E-state index contributed by atoms with van der Waals surface area (Å²) in [7, 11) is 0. The van der Waals surface area contributed by atoms with Gasteiger partial charge in [0.25, 0.3) is 0 Å². The van der Waals surface area contributed by atoms with Gasteiger partial charge in [0.15, 0.2) is 0 Å². The van der Waals surface area contributed by atoms with E-state index in [-0.39, 0.29) is 30.3 Å². The molecule has 1 aliphatic rings. The summed E-state index contributed by atoms with van der Waals surface area (Å²) in [5, 5.41) is 5.77. The van der Waals surface area contributed by atoms with Crippen LogP contribution in [0.3, 0.4) is 0 Å². The van der Waals surface area contributed by atoms with Crippen LogP contribution in [-0.4, -0.2) is 36.5 Å². The molecule has 24 heavy (non-hydrogen) atoms. The molecule has 0 aliphatic carbocycles. The van der Waals surface area contributed by atoms with Crippen LogP contribution in [0.5, 0.6) is 0 Å². The van der Waals surface area contributed by atoms with Gasteiger partial charge in [0.1, 0.15) is 0 Å². The average Bonchev–Trinajstić information content (AvgIpc) is 2.54. The van der Waals surface area contributed by atoms with Crippen LogP contribution in [0.25, 0.3) is 0 Å². The third-order valence-corrected chi connectivity index (χ3v) is 3.96. The number of urea groups is 1. The molecule has 134 valence electrons. The predicted octanol–water partition coefficient (Wildman–Crippen LogP) is 2.71. The van der Waals surface area contributed by atoms with Gasteiger partial charge < -0.3 is 21.3 Å². The summed E-state index contributed by atoms with van der Waals surface area (Å²) in [6.45, 7) is 5.89. The molecule has 0 aromatic heterocycles. The van der Waals surface area contributed by atoms with Gasteiger partial charge >= 0.3 is 6.03 Å². The van der Waals surface area contributed by atoms with Crippen LogP contribution in [0.15, 0.2) is 24.3 Å². The first kappa shape index (κ1) is 20.1. The number of nitrogens with zero attached hydrogens (tertiary/aromatic N) is 1. The van der Waals surface area contributed by atoms with Crippen LogP contribution in [-0.2, 0) is 4.79 Å². The quantitative estimate of drug-likeness (QED) is 0.726. The lowest BCUT2D eigenvalue weighted by molar-refractivity contribution is -0.121. The van der Waals surface area contributed by atoms with Crippen molar-refractivity contribution in [3.63, 3.8) is 0 Å². The summed E-state index contributed by atoms with van der Waals surface area (Å²) in [4.78, 5) is 26.3. The second kappa shape index (κ2) is 9.37. The number of anilines is 2. The standard InChI is InChI=1S/C17H26N4O2.ClH/c1-12(2)10-19-17(23)21-9-5-6-13(11-21)16(22)20-15-8-4-3-7-14(15)18;/h3-4,7-8,12-13H,5-6,9-11,18H2,1-2H3,(H,19,23)(H,20,22);1H. The largest absolute Gasteiger partial charge is 0.397 e. The second-order valence-corrected chi connectivity index (χ2v) is 6.44. The molecule has 2 rings (SSSR count). The number of piperidine rings is 1. The molecule has 0 bridgehead atoms. The third-order valence-electron chi connectivity index (χ3n) is 3.96. The Morgan fingerprint density at radius 3 is 2.71 bits per heavy atom. The molecule has 0 spiro atoms. The van der Waals surface area contributed by atoms with Crippen molar-refractivity contribution < 1.29 is 9.59 Å². The molecule has 1 aliphatic heterocycles. The predicted molar refractivity (Wildman–Crippen MR) is 99.3 cm³/mol. The number of nitrogens with one attached hydrogen (secondary N) is 2. The Labute approximate surface area is 149 Å². The molecule has 3 amide bonds. The lowest BCUT2D eigenvalue weighted by Gasteiger charge is -2.32. The van der Waals surface area contributed by atoms with E-state index in [0.29, 0.717) is 36.9 Å². The Morgan fingerprint density at radius 2 is 2.04 bits per heavy atom. The van der Waals surface area contributed by atoms with E-state index in [9.17, 15) is 9.59 Å². The molecule has 4 N–H and O–H groups in total. The van der Waals surface area contributed by atoms with Crippen molar-refractivity contribution in [3.05, 3.63) is 24.3 Å². The Bertz CT molecular complexity index is 565. The zero-order valence-electron chi connectivity index (χ0n) is 14.2. The number of carbonyl (C=O) groups is 2. The van der Waals surface area contributed by atoms with E-state index in [1.165, 1.54) is 0 Å². The van der Waals surface area contributed by atoms with Gasteiger partial charge in [-0.1, -0.05) is 26.0 Å². The molecule has 6 nitrogen and oxygen atoms in total. The molecule has 1 fully saturated rings. The maximum absolute atomic E-state index is 12.4. The van der Waals surface area contributed by atoms with Crippen LogP contribution < -0.4 is 16.4 Å². The summed E-state index contributed by atoms with van der Waals surface area (Å²) in [6, 6.07) is 7.10. The second-order valence-electron chi connectivity index (χ2n) is 6.44. The SMILES string of the molecule is CC(C)CNC(=O)N1CCCC(C(=O)Nc2ccccc2N)C1.Cl. The first-order valence-corrected chi connectivity index (χ1v) is 8.15. The Morgan fingerprint density at radius 1 is 1.33 bits per heavy atom. The van der Waals surface area contributed by atoms with Crippen molar-refractivity contribution in [1.29, 1.82) is 0 Å². The topological polar surface area (TPSA) is 87.5 Å². The number of para-hydroxylation sites is 2. The fraction of sp³-hybridized carbons (Fsp3) is 0.529. The van der Waals surface area contributed by atoms with Gasteiger partial charge in [0, 0.05) is 19.6 Å². The number of nitrogens with two attached hydrogens (primary N) is 1. The molecule has 1 aromatic carbocycles. The highest BCUT2D eigenvalue weighted by molar-refractivity contribution is 5.95. The van der Waals surface area contributed by atoms with Crippen molar-refractivity contribution in [3.8, 4) is 0 Å². The average molecular weight is 355 g/mol. The number of rotatable bonds is 4. The summed E-state index contributed by atoms with van der Waals surface area (Å²) < 4.78 is 0. The van der Waals surface area contributed by atoms with E-state index in [0.717, 1.165) is 12.8 Å². The maximum atomic E-state index is 12.4. The minimum atomic E-state index is -0.201. The summed E-state index contributed by atoms with van der Waals surface area (Å²) in [5.41, 5.74) is 7.02. The smallest absolute Gasteiger partial charge is 0.317 e. The van der Waals surface area contributed by atoms with Gasteiger partial charge in [-0.05, 0) is 30.9 Å². The fourth-order valence-corrected chi connectivity index (χ4v) is 2.62. The molecule has 1 aromatic rings. The monoisotopic (exact) mass is 354 g/mol. The summed E-state index contributed by atoms with van der Waals surface area (Å²) in [6.07, 6.45) is 1.62. The maximum Gasteiger partial charge on any atom is 0.317 e. The van der Waals surface area contributed by atoms with E-state index in [2.05, 4.69) is 24.5 Å². The number of halogens is 1. The van der Waals surface area contributed by atoms with Crippen molar-refractivity contribution in [1.82, 2.24) is 10.2 Å². The molecule has 7 heteroatoms. The Kier molecular flexibility index (Phi) is 7.85. The molecule has 1 unspecified atom stereocenters. The van der Waals surface area contributed by atoms with E-state index >= 15 is 0 Å². The van der Waals surface area contributed by atoms with Gasteiger partial charge in [-0.2, -0.15) is 0 Å². The zero-order chi connectivity index (χ0) is 16.8. The minimum Gasteiger partial charge on any atom is -0.397 e. The Hall–Kier alpha value is -1.95. The molecular formula is C17H27ClN4O2. The van der Waals surface area contributed by atoms with Crippen LogP contribution in [0.1, 0.15) is 26.7 Å². The van der Waals surface area contributed by atoms with E-state index in [1.54, 1.807) is 17.0 Å². The third kappa shape index (κ3) is 5.60. The Balaban J connectivity index is 0.00000288. The van der Waals surface area contributed by atoms with Crippen LogP contribution in [0.2, 0.25) is 0 Å². The lowest BCUT2D eigenvalue weighted by atomic mass is 9.97. The number of nitrogen functional groups attached to an aromatic ring is 1. The number of hydrogen-bond acceptors (Lipinski definition) is 3. The molecular weight excluding hydrogens is 328 g/mol. The van der Waals surface area contributed by atoms with Gasteiger partial charge in [0.2, 0.25) is 5.91 Å². The van der Waals surface area contributed by atoms with E-state index < -0.39 is 0 Å². The summed E-state index contributed by atoms with van der Waals surface area (Å²) in [5.74, 6) is 0.126. The zero-order valence-corrected chi connectivity index (χ0v) is 15.1. The first-order valence-electron chi connectivity index (χ1n) is 8.15. The van der Waals surface area contributed by atoms with Crippen LogP contribution in [0, 0.1) is 11.8 Å². The molecule has 1 saturated heterocycles. The fourth-order valence-electron chi connectivity index (χ4n) is 2.62. The molecule has 1 heterocycles. The van der Waals surface area contributed by atoms with Crippen LogP contribution >= 0.6 is 12.4 Å². The van der Waals surface area contributed by atoms with E-state index in [1.807, 2.05) is 12.1 Å². The number of hydrogen-bond donors (Lipinski definition) is 3. The molecule has 0 radical (unpaired) electrons. The lowest BCUT2D eigenvalue weighted by Crippen LogP contribution is -2.48. The van der Waals surface area contributed by atoms with Crippen molar-refractivity contribution >= 4 is 35.7 Å². The highest BCUT2D eigenvalue weighted by atomic mass is 35.5. The summed E-state index contributed by atoms with van der Waals surface area (Å²) >= 11 is 0. The van der Waals surface area contributed by atoms with Gasteiger partial charge in [0.05, 0.1) is 17.3 Å². The van der Waals surface area contributed by atoms with Gasteiger partial charge in [-0.3, -0.25) is 4.79 Å². The highest BCUT2D eigenvalue weighted by Crippen LogP contribution is 2.21. The highest BCUT2D eigenvalue weighted by Gasteiger charge is 2.28.